The molecule has 4 rings (SSSR count). The maximum Gasteiger partial charge on any atom is 0.0881 e. The summed E-state index contributed by atoms with van der Waals surface area (Å²) in [6, 6.07) is 15.4. The molecule has 1 unspecified atom stereocenters. The van der Waals surface area contributed by atoms with Crippen molar-refractivity contribution < 1.29 is 0 Å². The Bertz CT molecular complexity index is 801. The van der Waals surface area contributed by atoms with Gasteiger partial charge in [0.2, 0.25) is 0 Å². The van der Waals surface area contributed by atoms with E-state index in [0.717, 1.165) is 23.0 Å². The lowest BCUT2D eigenvalue weighted by Crippen LogP contribution is -2.24. The standard InChI is InChI=1S/C18H19N3/c1-18(2)10-12-6-3-4-8-14(12)17(18)20-15-9-5-7-13-11-19-21-16(13)15/h3-9,11,17,20H,10H2,1-2H3,(H,19,21). The quantitative estimate of drug-likeness (QED) is 0.733. The third kappa shape index (κ3) is 1.92. The number of para-hydroxylation sites is 1. The van der Waals surface area contributed by atoms with E-state index in [2.05, 4.69) is 71.8 Å². The van der Waals surface area contributed by atoms with Crippen LogP contribution in [-0.4, -0.2) is 10.2 Å². The number of anilines is 1. The van der Waals surface area contributed by atoms with Crippen molar-refractivity contribution in [3.63, 3.8) is 0 Å². The molecule has 21 heavy (non-hydrogen) atoms. The minimum atomic E-state index is 0.200. The summed E-state index contributed by atoms with van der Waals surface area (Å²) in [4.78, 5) is 0. The van der Waals surface area contributed by atoms with Crippen LogP contribution >= 0.6 is 0 Å². The highest BCUT2D eigenvalue weighted by molar-refractivity contribution is 5.90. The second-order valence-electron chi connectivity index (χ2n) is 6.58. The van der Waals surface area contributed by atoms with E-state index in [1.807, 2.05) is 6.20 Å². The van der Waals surface area contributed by atoms with E-state index >= 15 is 0 Å². The zero-order valence-electron chi connectivity index (χ0n) is 12.4. The molecule has 0 saturated heterocycles. The SMILES string of the molecule is CC1(C)Cc2ccccc2C1Nc1cccc2cn[nH]c12. The highest BCUT2D eigenvalue weighted by atomic mass is 15.1. The highest BCUT2D eigenvalue weighted by Gasteiger charge is 2.38. The molecule has 0 saturated carbocycles. The molecule has 106 valence electrons. The van der Waals surface area contributed by atoms with Gasteiger partial charge in [-0.3, -0.25) is 5.10 Å². The van der Waals surface area contributed by atoms with E-state index in [0.29, 0.717) is 6.04 Å². The molecule has 0 radical (unpaired) electrons. The van der Waals surface area contributed by atoms with Crippen LogP contribution in [0.15, 0.2) is 48.7 Å². The van der Waals surface area contributed by atoms with E-state index in [4.69, 9.17) is 0 Å². The Hall–Kier alpha value is -2.29. The van der Waals surface area contributed by atoms with E-state index in [9.17, 15) is 0 Å². The van der Waals surface area contributed by atoms with Crippen LogP contribution in [0, 0.1) is 5.41 Å². The van der Waals surface area contributed by atoms with Crippen LogP contribution in [0.1, 0.15) is 31.0 Å². The number of nitrogens with one attached hydrogen (secondary N) is 2. The van der Waals surface area contributed by atoms with Crippen LogP contribution in [-0.2, 0) is 6.42 Å². The Morgan fingerprint density at radius 3 is 2.90 bits per heavy atom. The second-order valence-corrected chi connectivity index (χ2v) is 6.58. The summed E-state index contributed by atoms with van der Waals surface area (Å²) in [5.41, 5.74) is 5.28. The van der Waals surface area contributed by atoms with Gasteiger partial charge in [0.05, 0.1) is 23.4 Å². The molecule has 2 N–H and O–H groups in total. The Kier molecular flexibility index (Phi) is 2.58. The monoisotopic (exact) mass is 277 g/mol. The third-order valence-corrected chi connectivity index (χ3v) is 4.57. The van der Waals surface area contributed by atoms with Gasteiger partial charge >= 0.3 is 0 Å². The first kappa shape index (κ1) is 12.5. The van der Waals surface area contributed by atoms with Crippen LogP contribution in [0.3, 0.4) is 0 Å². The largest absolute Gasteiger partial charge is 0.376 e. The van der Waals surface area contributed by atoms with Crippen LogP contribution in [0.4, 0.5) is 5.69 Å². The number of fused-ring (bicyclic) bond motifs is 2. The summed E-state index contributed by atoms with van der Waals surface area (Å²) in [5.74, 6) is 0. The molecule has 0 aliphatic heterocycles. The summed E-state index contributed by atoms with van der Waals surface area (Å²) in [7, 11) is 0. The molecule has 0 spiro atoms. The Morgan fingerprint density at radius 2 is 2.00 bits per heavy atom. The molecular weight excluding hydrogens is 258 g/mol. The van der Waals surface area contributed by atoms with Crippen molar-refractivity contribution >= 4 is 16.6 Å². The average Bonchev–Trinajstić information content (AvgIpc) is 3.02. The van der Waals surface area contributed by atoms with Gasteiger partial charge in [-0.05, 0) is 29.0 Å². The van der Waals surface area contributed by atoms with Crippen molar-refractivity contribution in [1.29, 1.82) is 0 Å². The Morgan fingerprint density at radius 1 is 1.14 bits per heavy atom. The fourth-order valence-corrected chi connectivity index (χ4v) is 3.51. The third-order valence-electron chi connectivity index (χ3n) is 4.57. The van der Waals surface area contributed by atoms with Crippen molar-refractivity contribution in [2.75, 3.05) is 5.32 Å². The molecule has 1 aromatic heterocycles. The average molecular weight is 277 g/mol. The van der Waals surface area contributed by atoms with Crippen LogP contribution < -0.4 is 5.32 Å². The minimum absolute atomic E-state index is 0.200. The molecule has 1 atom stereocenters. The Labute approximate surface area is 124 Å². The molecule has 0 bridgehead atoms. The van der Waals surface area contributed by atoms with Crippen molar-refractivity contribution in [1.82, 2.24) is 10.2 Å². The summed E-state index contributed by atoms with van der Waals surface area (Å²) in [5, 5.41) is 12.1. The maximum absolute atomic E-state index is 4.15. The first-order chi connectivity index (χ1) is 10.1. The minimum Gasteiger partial charge on any atom is -0.376 e. The maximum atomic E-state index is 4.15. The molecule has 1 heterocycles. The Balaban J connectivity index is 1.78. The normalized spacial score (nSPS) is 19.6. The van der Waals surface area contributed by atoms with E-state index in [-0.39, 0.29) is 5.41 Å². The summed E-state index contributed by atoms with van der Waals surface area (Å²) in [6.07, 6.45) is 2.98. The fourth-order valence-electron chi connectivity index (χ4n) is 3.51. The van der Waals surface area contributed by atoms with Gasteiger partial charge in [0.15, 0.2) is 0 Å². The summed E-state index contributed by atoms with van der Waals surface area (Å²) >= 11 is 0. The number of hydrogen-bond acceptors (Lipinski definition) is 2. The molecule has 2 aromatic carbocycles. The van der Waals surface area contributed by atoms with Crippen molar-refractivity contribution in [2.24, 2.45) is 5.41 Å². The van der Waals surface area contributed by atoms with Gasteiger partial charge in [0, 0.05) is 5.39 Å². The topological polar surface area (TPSA) is 40.7 Å². The second kappa shape index (κ2) is 4.35. The van der Waals surface area contributed by atoms with Crippen molar-refractivity contribution in [2.45, 2.75) is 26.3 Å². The van der Waals surface area contributed by atoms with E-state index in [1.54, 1.807) is 0 Å². The molecule has 3 heteroatoms. The van der Waals surface area contributed by atoms with Gasteiger partial charge < -0.3 is 5.32 Å². The van der Waals surface area contributed by atoms with Crippen LogP contribution in [0.25, 0.3) is 10.9 Å². The molecule has 3 aromatic rings. The van der Waals surface area contributed by atoms with E-state index in [1.165, 1.54) is 11.1 Å². The van der Waals surface area contributed by atoms with Gasteiger partial charge in [-0.2, -0.15) is 5.10 Å². The number of rotatable bonds is 2. The van der Waals surface area contributed by atoms with Gasteiger partial charge in [0.1, 0.15) is 0 Å². The summed E-state index contributed by atoms with van der Waals surface area (Å²) < 4.78 is 0. The number of benzene rings is 2. The van der Waals surface area contributed by atoms with Crippen LogP contribution in [0.5, 0.6) is 0 Å². The zero-order valence-corrected chi connectivity index (χ0v) is 12.4. The molecule has 3 nitrogen and oxygen atoms in total. The lowest BCUT2D eigenvalue weighted by molar-refractivity contribution is 0.337. The molecule has 1 aliphatic carbocycles. The molecule has 0 amide bonds. The van der Waals surface area contributed by atoms with Gasteiger partial charge in [-0.25, -0.2) is 0 Å². The first-order valence-corrected chi connectivity index (χ1v) is 7.41. The lowest BCUT2D eigenvalue weighted by Gasteiger charge is -2.29. The fraction of sp³-hybridized carbons (Fsp3) is 0.278. The zero-order chi connectivity index (χ0) is 14.4. The number of aromatic amines is 1. The first-order valence-electron chi connectivity index (χ1n) is 7.41. The van der Waals surface area contributed by atoms with Gasteiger partial charge in [0.25, 0.3) is 0 Å². The molecule has 0 fully saturated rings. The smallest absolute Gasteiger partial charge is 0.0881 e. The predicted octanol–water partition coefficient (Wildman–Crippen LogP) is 4.30. The number of nitrogens with zero attached hydrogens (tertiary/aromatic N) is 1. The van der Waals surface area contributed by atoms with Crippen molar-refractivity contribution in [3.05, 3.63) is 59.8 Å². The van der Waals surface area contributed by atoms with E-state index < -0.39 is 0 Å². The highest BCUT2D eigenvalue weighted by Crippen LogP contribution is 2.47. The lowest BCUT2D eigenvalue weighted by atomic mass is 9.85. The predicted molar refractivity (Wildman–Crippen MR) is 86.4 cm³/mol. The van der Waals surface area contributed by atoms with Gasteiger partial charge in [-0.15, -0.1) is 0 Å². The van der Waals surface area contributed by atoms with Crippen molar-refractivity contribution in [3.8, 4) is 0 Å². The number of H-pyrrole nitrogens is 1. The van der Waals surface area contributed by atoms with Crippen LogP contribution in [0.2, 0.25) is 0 Å². The molecular formula is C18H19N3. The summed E-state index contributed by atoms with van der Waals surface area (Å²) in [6.45, 7) is 4.66. The van der Waals surface area contributed by atoms with Gasteiger partial charge in [-0.1, -0.05) is 50.2 Å². The number of aromatic nitrogens is 2. The molecule has 1 aliphatic rings. The number of hydrogen-bond donors (Lipinski definition) is 2.